The Morgan fingerprint density at radius 1 is 0.620 bits per heavy atom. The van der Waals surface area contributed by atoms with Crippen molar-refractivity contribution in [1.29, 1.82) is 0 Å². The topological polar surface area (TPSA) is 111 Å². The molecule has 2 atom stereocenters. The largest absolute Gasteiger partial charge is 0.756 e. The number of quaternary nitrogens is 1. The van der Waals surface area contributed by atoms with Gasteiger partial charge >= 0.3 is 11.9 Å². The number of hydrogen-bond donors (Lipinski definition) is 0. The van der Waals surface area contributed by atoms with E-state index in [-0.39, 0.29) is 26.1 Å². The maximum Gasteiger partial charge on any atom is 0.306 e. The summed E-state index contributed by atoms with van der Waals surface area (Å²) in [6.45, 7) is 4.11. The number of likely N-dealkylation sites (N-methyl/N-ethyl adjacent to an activating group) is 1. The number of hydrogen-bond acceptors (Lipinski definition) is 8. The van der Waals surface area contributed by atoms with Crippen LogP contribution in [0.1, 0.15) is 155 Å². The number of allylic oxidation sites excluding steroid dienone is 6. The fraction of sp³-hybridized carbons (Fsp3) is 0.800. The van der Waals surface area contributed by atoms with Gasteiger partial charge in [-0.15, -0.1) is 0 Å². The zero-order chi connectivity index (χ0) is 37.2. The van der Waals surface area contributed by atoms with Crippen LogP contribution in [0, 0.1) is 0 Å². The second kappa shape index (κ2) is 33.1. The Hall–Kier alpha value is -1.77. The first-order valence-electron chi connectivity index (χ1n) is 19.7. The lowest BCUT2D eigenvalue weighted by atomic mass is 10.1. The van der Waals surface area contributed by atoms with Gasteiger partial charge in [-0.3, -0.25) is 14.2 Å². The molecule has 0 amide bonds. The Labute approximate surface area is 306 Å². The van der Waals surface area contributed by atoms with E-state index in [2.05, 4.69) is 50.3 Å². The minimum Gasteiger partial charge on any atom is -0.756 e. The van der Waals surface area contributed by atoms with E-state index < -0.39 is 32.5 Å². The van der Waals surface area contributed by atoms with E-state index in [0.29, 0.717) is 23.9 Å². The number of carbonyl (C=O) groups excluding carboxylic acids is 2. The molecule has 0 aliphatic heterocycles. The highest BCUT2D eigenvalue weighted by molar-refractivity contribution is 7.45. The number of phosphoric acid groups is 1. The van der Waals surface area contributed by atoms with Gasteiger partial charge in [0, 0.05) is 12.8 Å². The van der Waals surface area contributed by atoms with Gasteiger partial charge in [-0.2, -0.15) is 0 Å². The Kier molecular flexibility index (Phi) is 31.9. The molecule has 10 heteroatoms. The third kappa shape index (κ3) is 36.0. The summed E-state index contributed by atoms with van der Waals surface area (Å²) in [5.74, 6) is -0.887. The molecular formula is C40H74NO8P. The van der Waals surface area contributed by atoms with E-state index in [4.69, 9.17) is 18.5 Å². The highest BCUT2D eigenvalue weighted by atomic mass is 31.2. The molecular weight excluding hydrogens is 653 g/mol. The third-order valence-electron chi connectivity index (χ3n) is 8.13. The molecule has 0 heterocycles. The predicted molar refractivity (Wildman–Crippen MR) is 204 cm³/mol. The molecule has 0 rings (SSSR count). The van der Waals surface area contributed by atoms with Crippen molar-refractivity contribution in [2.45, 2.75) is 161 Å². The van der Waals surface area contributed by atoms with Crippen molar-refractivity contribution in [3.05, 3.63) is 36.5 Å². The molecule has 50 heavy (non-hydrogen) atoms. The van der Waals surface area contributed by atoms with Crippen molar-refractivity contribution in [2.24, 2.45) is 0 Å². The Morgan fingerprint density at radius 2 is 1.10 bits per heavy atom. The van der Waals surface area contributed by atoms with Crippen molar-refractivity contribution < 1.29 is 42.1 Å². The van der Waals surface area contributed by atoms with Gasteiger partial charge in [0.25, 0.3) is 7.82 Å². The number of nitrogens with zero attached hydrogens (tertiary/aromatic N) is 1. The Bertz CT molecular complexity index is 959. The first-order valence-corrected chi connectivity index (χ1v) is 21.2. The summed E-state index contributed by atoms with van der Waals surface area (Å²) in [6, 6.07) is 0. The van der Waals surface area contributed by atoms with Crippen LogP contribution in [0.5, 0.6) is 0 Å². The number of ether oxygens (including phenoxy) is 2. The van der Waals surface area contributed by atoms with Crippen LogP contribution in [0.4, 0.5) is 0 Å². The van der Waals surface area contributed by atoms with Crippen LogP contribution >= 0.6 is 7.82 Å². The molecule has 292 valence electrons. The predicted octanol–water partition coefficient (Wildman–Crippen LogP) is 9.94. The van der Waals surface area contributed by atoms with Crippen LogP contribution in [0.2, 0.25) is 0 Å². The molecule has 0 aromatic heterocycles. The van der Waals surface area contributed by atoms with Crippen molar-refractivity contribution in [2.75, 3.05) is 47.5 Å². The molecule has 0 fully saturated rings. The zero-order valence-corrected chi connectivity index (χ0v) is 33.5. The van der Waals surface area contributed by atoms with Crippen LogP contribution < -0.4 is 4.89 Å². The summed E-state index contributed by atoms with van der Waals surface area (Å²) in [7, 11) is 1.14. The molecule has 0 saturated heterocycles. The summed E-state index contributed by atoms with van der Waals surface area (Å²) < 4.78 is 33.7. The van der Waals surface area contributed by atoms with Gasteiger partial charge in [0.1, 0.15) is 19.8 Å². The van der Waals surface area contributed by atoms with Crippen LogP contribution in [0.15, 0.2) is 36.5 Å². The first-order chi connectivity index (χ1) is 24.0. The summed E-state index contributed by atoms with van der Waals surface area (Å²) in [6.07, 6.45) is 34.6. The summed E-state index contributed by atoms with van der Waals surface area (Å²) in [4.78, 5) is 37.3. The lowest BCUT2D eigenvalue weighted by Gasteiger charge is -2.28. The number of carbonyl (C=O) groups is 2. The lowest BCUT2D eigenvalue weighted by molar-refractivity contribution is -0.870. The monoisotopic (exact) mass is 728 g/mol. The Balaban J connectivity index is 4.50. The standard InChI is InChI=1S/C40H74NO8P/c1-6-8-10-12-14-16-18-19-20-21-23-25-27-29-31-33-40(43)49-38(37-48-50(44,45)47-35-34-41(3,4)5)36-46-39(42)32-30-28-26-24-22-17-15-13-11-9-7-2/h13,15,19-20,23,25,38H,6-12,14,16-18,21-22,24,26-37H2,1-5H3/b15-13+,20-19+,25-23+/t38-/m1/s1. The van der Waals surface area contributed by atoms with Crippen LogP contribution in [-0.2, 0) is 32.7 Å². The van der Waals surface area contributed by atoms with Gasteiger partial charge in [0.15, 0.2) is 6.10 Å². The van der Waals surface area contributed by atoms with Crippen molar-refractivity contribution in [1.82, 2.24) is 0 Å². The minimum atomic E-state index is -4.63. The highest BCUT2D eigenvalue weighted by Crippen LogP contribution is 2.38. The van der Waals surface area contributed by atoms with Gasteiger partial charge in [-0.05, 0) is 64.2 Å². The van der Waals surface area contributed by atoms with E-state index in [1.165, 1.54) is 51.4 Å². The van der Waals surface area contributed by atoms with Gasteiger partial charge in [0.05, 0.1) is 27.7 Å². The molecule has 0 N–H and O–H groups in total. The first kappa shape index (κ1) is 48.2. The molecule has 0 saturated carbocycles. The van der Waals surface area contributed by atoms with Crippen LogP contribution in [0.25, 0.3) is 0 Å². The number of phosphoric ester groups is 1. The maximum absolute atomic E-state index is 12.6. The SMILES string of the molecule is CCCC/C=C/CCCCCCCC(=O)OC[C@H](COP(=O)([O-])OCC[N+](C)(C)C)OC(=O)CCCC/C=C/C/C=C/CCCCCCCC. The smallest absolute Gasteiger partial charge is 0.306 e. The molecule has 0 aliphatic rings. The van der Waals surface area contributed by atoms with E-state index in [0.717, 1.165) is 64.2 Å². The number of rotatable bonds is 35. The van der Waals surface area contributed by atoms with Gasteiger partial charge < -0.3 is 27.9 Å². The molecule has 0 aliphatic carbocycles. The molecule has 0 aromatic carbocycles. The van der Waals surface area contributed by atoms with Crippen molar-refractivity contribution in [3.63, 3.8) is 0 Å². The molecule has 0 radical (unpaired) electrons. The molecule has 1 unspecified atom stereocenters. The Morgan fingerprint density at radius 3 is 1.70 bits per heavy atom. The van der Waals surface area contributed by atoms with Crippen molar-refractivity contribution >= 4 is 19.8 Å². The third-order valence-corrected chi connectivity index (χ3v) is 9.10. The molecule has 9 nitrogen and oxygen atoms in total. The van der Waals surface area contributed by atoms with Gasteiger partial charge in [-0.25, -0.2) is 0 Å². The van der Waals surface area contributed by atoms with Gasteiger partial charge in [-0.1, -0.05) is 115 Å². The highest BCUT2D eigenvalue weighted by Gasteiger charge is 2.21. The van der Waals surface area contributed by atoms with Crippen LogP contribution in [-0.4, -0.2) is 70.0 Å². The molecule has 0 bridgehead atoms. The van der Waals surface area contributed by atoms with E-state index >= 15 is 0 Å². The lowest BCUT2D eigenvalue weighted by Crippen LogP contribution is -2.37. The number of esters is 2. The van der Waals surface area contributed by atoms with E-state index in [1.54, 1.807) is 0 Å². The van der Waals surface area contributed by atoms with Gasteiger partial charge in [0.2, 0.25) is 0 Å². The fourth-order valence-electron chi connectivity index (χ4n) is 4.96. The summed E-state index contributed by atoms with van der Waals surface area (Å²) in [5.41, 5.74) is 0. The zero-order valence-electron chi connectivity index (χ0n) is 32.6. The quantitative estimate of drug-likeness (QED) is 0.0209. The molecule has 0 aromatic rings. The van der Waals surface area contributed by atoms with E-state index in [9.17, 15) is 19.0 Å². The second-order valence-corrected chi connectivity index (χ2v) is 15.7. The summed E-state index contributed by atoms with van der Waals surface area (Å²) in [5, 5.41) is 0. The summed E-state index contributed by atoms with van der Waals surface area (Å²) >= 11 is 0. The molecule has 0 spiro atoms. The normalized spacial score (nSPS) is 14.1. The average Bonchev–Trinajstić information content (AvgIpc) is 3.06. The number of unbranched alkanes of at least 4 members (excludes halogenated alkanes) is 15. The average molecular weight is 728 g/mol. The second-order valence-electron chi connectivity index (χ2n) is 14.3. The minimum absolute atomic E-state index is 0.0384. The van der Waals surface area contributed by atoms with E-state index in [1.807, 2.05) is 21.1 Å². The van der Waals surface area contributed by atoms with Crippen molar-refractivity contribution in [3.8, 4) is 0 Å². The van der Waals surface area contributed by atoms with Crippen LogP contribution in [0.3, 0.4) is 0 Å². The fourth-order valence-corrected chi connectivity index (χ4v) is 5.69. The maximum atomic E-state index is 12.6.